The van der Waals surface area contributed by atoms with Crippen molar-refractivity contribution in [3.8, 4) is 0 Å². The average Bonchev–Trinajstić information content (AvgIpc) is 3.30. The van der Waals surface area contributed by atoms with Gasteiger partial charge in [-0.1, -0.05) is 44.2 Å². The van der Waals surface area contributed by atoms with E-state index >= 15 is 0 Å². The van der Waals surface area contributed by atoms with E-state index < -0.39 is 54.3 Å². The Morgan fingerprint density at radius 1 is 1.06 bits per heavy atom. The quantitative estimate of drug-likeness (QED) is 0.258. The van der Waals surface area contributed by atoms with Gasteiger partial charge >= 0.3 is 11.9 Å². The standard InChI is InChI=1S/C25H36N4O7/c1-15(2)13-19(22(32)27-18(25(35)36)10-11-21(30)31)28-23(33)20-9-6-12-29(20)24(34)17(26)14-16-7-4-3-5-8-16/h3-5,7-8,15,17-20H,6,9-14,26H2,1-2H3,(H,27,32)(H,28,33)(H,30,31)(H,35,36). The summed E-state index contributed by atoms with van der Waals surface area (Å²) in [5.41, 5.74) is 7.06. The Hall–Kier alpha value is -3.47. The number of benzene rings is 1. The van der Waals surface area contributed by atoms with E-state index in [9.17, 15) is 29.1 Å². The molecule has 198 valence electrons. The van der Waals surface area contributed by atoms with Gasteiger partial charge < -0.3 is 31.5 Å². The maximum Gasteiger partial charge on any atom is 0.326 e. The maximum absolute atomic E-state index is 13.2. The lowest BCUT2D eigenvalue weighted by atomic mass is 10.0. The Morgan fingerprint density at radius 2 is 1.72 bits per heavy atom. The van der Waals surface area contributed by atoms with Crippen LogP contribution in [0, 0.1) is 5.92 Å². The first-order valence-corrected chi connectivity index (χ1v) is 12.1. The molecule has 0 aliphatic carbocycles. The second-order valence-corrected chi connectivity index (χ2v) is 9.51. The lowest BCUT2D eigenvalue weighted by molar-refractivity contribution is -0.144. The number of nitrogens with two attached hydrogens (primary N) is 1. The second-order valence-electron chi connectivity index (χ2n) is 9.51. The molecule has 1 saturated heterocycles. The highest BCUT2D eigenvalue weighted by atomic mass is 16.4. The van der Waals surface area contributed by atoms with E-state index in [0.717, 1.165) is 5.56 Å². The first-order chi connectivity index (χ1) is 17.0. The van der Waals surface area contributed by atoms with Crippen molar-refractivity contribution in [3.63, 3.8) is 0 Å². The Labute approximate surface area is 210 Å². The highest BCUT2D eigenvalue weighted by molar-refractivity contribution is 5.94. The van der Waals surface area contributed by atoms with Crippen LogP contribution >= 0.6 is 0 Å². The highest BCUT2D eigenvalue weighted by Crippen LogP contribution is 2.20. The molecule has 2 rings (SSSR count). The Balaban J connectivity index is 2.07. The number of hydrogen-bond acceptors (Lipinski definition) is 6. The smallest absolute Gasteiger partial charge is 0.326 e. The number of nitrogens with zero attached hydrogens (tertiary/aromatic N) is 1. The summed E-state index contributed by atoms with van der Waals surface area (Å²) >= 11 is 0. The lowest BCUT2D eigenvalue weighted by Gasteiger charge is -2.29. The van der Waals surface area contributed by atoms with E-state index in [1.807, 2.05) is 44.2 Å². The molecule has 1 aromatic carbocycles. The molecule has 11 heteroatoms. The van der Waals surface area contributed by atoms with Crippen molar-refractivity contribution in [1.82, 2.24) is 15.5 Å². The predicted molar refractivity (Wildman–Crippen MR) is 131 cm³/mol. The van der Waals surface area contributed by atoms with Crippen LogP contribution in [0.3, 0.4) is 0 Å². The highest BCUT2D eigenvalue weighted by Gasteiger charge is 2.38. The third-order valence-corrected chi connectivity index (χ3v) is 6.06. The van der Waals surface area contributed by atoms with Gasteiger partial charge in [0.2, 0.25) is 17.7 Å². The number of hydrogen-bond donors (Lipinski definition) is 5. The zero-order valence-electron chi connectivity index (χ0n) is 20.7. The summed E-state index contributed by atoms with van der Waals surface area (Å²) in [4.78, 5) is 62.8. The van der Waals surface area contributed by atoms with Gasteiger partial charge in [0.15, 0.2) is 0 Å². The van der Waals surface area contributed by atoms with E-state index in [0.29, 0.717) is 25.8 Å². The van der Waals surface area contributed by atoms with Gasteiger partial charge in [-0.05, 0) is 43.6 Å². The molecule has 0 spiro atoms. The van der Waals surface area contributed by atoms with Crippen molar-refractivity contribution in [2.75, 3.05) is 6.54 Å². The zero-order valence-corrected chi connectivity index (χ0v) is 20.7. The fraction of sp³-hybridized carbons (Fsp3) is 0.560. The number of amides is 3. The number of carbonyl (C=O) groups is 5. The maximum atomic E-state index is 13.2. The van der Waals surface area contributed by atoms with Crippen LogP contribution in [0.15, 0.2) is 30.3 Å². The molecule has 0 saturated carbocycles. The summed E-state index contributed by atoms with van der Waals surface area (Å²) in [5.74, 6) is -4.12. The molecule has 0 bridgehead atoms. The van der Waals surface area contributed by atoms with Gasteiger partial charge in [-0.25, -0.2) is 4.79 Å². The first-order valence-electron chi connectivity index (χ1n) is 12.1. The summed E-state index contributed by atoms with van der Waals surface area (Å²) < 4.78 is 0. The molecule has 36 heavy (non-hydrogen) atoms. The van der Waals surface area contributed by atoms with Gasteiger partial charge in [0.25, 0.3) is 0 Å². The van der Waals surface area contributed by atoms with Crippen molar-refractivity contribution in [2.45, 2.75) is 76.5 Å². The molecule has 1 aliphatic rings. The number of aliphatic carboxylic acids is 2. The topological polar surface area (TPSA) is 179 Å². The summed E-state index contributed by atoms with van der Waals surface area (Å²) in [6, 6.07) is 5.27. The van der Waals surface area contributed by atoms with Crippen LogP contribution < -0.4 is 16.4 Å². The van der Waals surface area contributed by atoms with Crippen LogP contribution in [0.1, 0.15) is 51.5 Å². The normalized spacial score (nSPS) is 17.8. The molecular formula is C25H36N4O7. The summed E-state index contributed by atoms with van der Waals surface area (Å²) in [6.07, 6.45) is 0.873. The Kier molecular flexibility index (Phi) is 10.8. The lowest BCUT2D eigenvalue weighted by Crippen LogP contribution is -2.57. The van der Waals surface area contributed by atoms with Crippen LogP contribution in [-0.2, 0) is 30.4 Å². The molecule has 11 nitrogen and oxygen atoms in total. The Bertz CT molecular complexity index is 938. The van der Waals surface area contributed by atoms with Crippen LogP contribution in [-0.4, -0.2) is 75.5 Å². The third-order valence-electron chi connectivity index (χ3n) is 6.06. The van der Waals surface area contributed by atoms with Gasteiger partial charge in [0.1, 0.15) is 18.1 Å². The number of carbonyl (C=O) groups excluding carboxylic acids is 3. The molecule has 0 aromatic heterocycles. The fourth-order valence-corrected chi connectivity index (χ4v) is 4.24. The minimum Gasteiger partial charge on any atom is -0.481 e. The number of nitrogens with one attached hydrogen (secondary N) is 2. The Morgan fingerprint density at radius 3 is 2.31 bits per heavy atom. The zero-order chi connectivity index (χ0) is 26.8. The van der Waals surface area contributed by atoms with E-state index in [-0.39, 0.29) is 24.7 Å². The number of rotatable bonds is 13. The molecule has 1 aliphatic heterocycles. The minimum absolute atomic E-state index is 0.0102. The molecule has 1 aromatic rings. The molecule has 0 radical (unpaired) electrons. The van der Waals surface area contributed by atoms with E-state index in [1.165, 1.54) is 4.90 Å². The van der Waals surface area contributed by atoms with Crippen LogP contribution in [0.25, 0.3) is 0 Å². The van der Waals surface area contributed by atoms with Crippen molar-refractivity contribution in [3.05, 3.63) is 35.9 Å². The van der Waals surface area contributed by atoms with Crippen molar-refractivity contribution >= 4 is 29.7 Å². The van der Waals surface area contributed by atoms with Crippen molar-refractivity contribution in [2.24, 2.45) is 11.7 Å². The van der Waals surface area contributed by atoms with Gasteiger partial charge in [0, 0.05) is 13.0 Å². The largest absolute Gasteiger partial charge is 0.481 e. The van der Waals surface area contributed by atoms with Gasteiger partial charge in [-0.15, -0.1) is 0 Å². The molecule has 1 heterocycles. The summed E-state index contributed by atoms with van der Waals surface area (Å²) in [6.45, 7) is 4.07. The average molecular weight is 505 g/mol. The van der Waals surface area contributed by atoms with Crippen LogP contribution in [0.2, 0.25) is 0 Å². The van der Waals surface area contributed by atoms with Gasteiger partial charge in [-0.3, -0.25) is 19.2 Å². The number of carboxylic acids is 2. The van der Waals surface area contributed by atoms with Gasteiger partial charge in [0.05, 0.1) is 6.04 Å². The minimum atomic E-state index is -1.40. The van der Waals surface area contributed by atoms with Crippen LogP contribution in [0.4, 0.5) is 0 Å². The molecule has 6 N–H and O–H groups in total. The summed E-state index contributed by atoms with van der Waals surface area (Å²) in [7, 11) is 0. The monoisotopic (exact) mass is 504 g/mol. The SMILES string of the molecule is CC(C)CC(NC(=O)C1CCCN1C(=O)C(N)Cc1ccccc1)C(=O)NC(CCC(=O)O)C(=O)O. The second kappa shape index (κ2) is 13.6. The molecule has 4 atom stereocenters. The van der Waals surface area contributed by atoms with Crippen LogP contribution in [0.5, 0.6) is 0 Å². The molecule has 3 amide bonds. The number of carboxylic acid groups (broad SMARTS) is 2. The molecular weight excluding hydrogens is 468 g/mol. The van der Waals surface area contributed by atoms with Crippen molar-refractivity contribution in [1.29, 1.82) is 0 Å². The number of likely N-dealkylation sites (tertiary alicyclic amines) is 1. The first kappa shape index (κ1) is 28.8. The third kappa shape index (κ3) is 8.63. The van der Waals surface area contributed by atoms with E-state index in [2.05, 4.69) is 10.6 Å². The van der Waals surface area contributed by atoms with Gasteiger partial charge in [-0.2, -0.15) is 0 Å². The fourth-order valence-electron chi connectivity index (χ4n) is 4.24. The van der Waals surface area contributed by atoms with E-state index in [4.69, 9.17) is 10.8 Å². The van der Waals surface area contributed by atoms with E-state index in [1.54, 1.807) is 0 Å². The molecule has 1 fully saturated rings. The predicted octanol–water partition coefficient (Wildman–Crippen LogP) is 0.513. The summed E-state index contributed by atoms with van der Waals surface area (Å²) in [5, 5.41) is 23.2. The molecule has 4 unspecified atom stereocenters. The van der Waals surface area contributed by atoms with Crippen molar-refractivity contribution < 1.29 is 34.2 Å².